The van der Waals surface area contributed by atoms with E-state index in [0.717, 1.165) is 43.4 Å². The van der Waals surface area contributed by atoms with Gasteiger partial charge in [-0.1, -0.05) is 19.3 Å². The molecule has 2 aliphatic rings. The van der Waals surface area contributed by atoms with Gasteiger partial charge < -0.3 is 5.32 Å². The fourth-order valence-corrected chi connectivity index (χ4v) is 7.82. The van der Waals surface area contributed by atoms with Crippen LogP contribution in [0.3, 0.4) is 0 Å². The van der Waals surface area contributed by atoms with Crippen molar-refractivity contribution in [1.29, 1.82) is 0 Å². The van der Waals surface area contributed by atoms with Crippen molar-refractivity contribution in [2.24, 2.45) is 18.9 Å². The minimum absolute atomic E-state index is 0.0388. The first-order chi connectivity index (χ1) is 19.7. The molecule has 41 heavy (non-hydrogen) atoms. The van der Waals surface area contributed by atoms with E-state index in [4.69, 9.17) is 4.98 Å². The molecule has 0 radical (unpaired) electrons. The summed E-state index contributed by atoms with van der Waals surface area (Å²) in [6.07, 6.45) is 11.8. The second-order valence-corrected chi connectivity index (χ2v) is 13.7. The number of hydrogen-bond acceptors (Lipinski definition) is 6. The molecule has 3 aromatic heterocycles. The number of hydrogen-bond donors (Lipinski definition) is 3. The summed E-state index contributed by atoms with van der Waals surface area (Å²) in [5, 5.41) is 17.8. The molecule has 3 aromatic rings. The van der Waals surface area contributed by atoms with Gasteiger partial charge in [-0.05, 0) is 24.8 Å². The molecule has 14 heteroatoms. The summed E-state index contributed by atoms with van der Waals surface area (Å²) in [4.78, 5) is 30.8. The molecule has 1 unspecified atom stereocenters. The van der Waals surface area contributed by atoms with Gasteiger partial charge in [0.15, 0.2) is 0 Å². The van der Waals surface area contributed by atoms with E-state index in [9.17, 15) is 22.8 Å². The molecular formula is C27H35F3IN8O2-. The predicted octanol–water partition coefficient (Wildman–Crippen LogP) is 0.107. The van der Waals surface area contributed by atoms with Crippen molar-refractivity contribution in [2.45, 2.75) is 67.8 Å². The molecule has 1 aliphatic carbocycles. The Balaban J connectivity index is 1.28. The minimum atomic E-state index is -4.13. The van der Waals surface area contributed by atoms with Crippen LogP contribution in [0.4, 0.5) is 13.2 Å². The van der Waals surface area contributed by atoms with Crippen LogP contribution < -0.4 is 37.2 Å². The summed E-state index contributed by atoms with van der Waals surface area (Å²) >= 11 is -1.97. The smallest absolute Gasteiger partial charge is 0.0152 e. The molecule has 4 heterocycles. The van der Waals surface area contributed by atoms with Crippen LogP contribution in [0.2, 0.25) is 0 Å². The summed E-state index contributed by atoms with van der Waals surface area (Å²) in [7, 11) is 1.73. The fraction of sp³-hybridized carbons (Fsp3) is 0.593. The van der Waals surface area contributed by atoms with Gasteiger partial charge in [0.05, 0.1) is 0 Å². The van der Waals surface area contributed by atoms with Gasteiger partial charge in [0, 0.05) is 13.2 Å². The number of aryl methyl sites for hydroxylation is 1. The summed E-state index contributed by atoms with van der Waals surface area (Å²) in [5.74, 6) is -0.562. The predicted molar refractivity (Wildman–Crippen MR) is 140 cm³/mol. The summed E-state index contributed by atoms with van der Waals surface area (Å²) < 4.78 is 37.6. The zero-order valence-electron chi connectivity index (χ0n) is 22.8. The number of piperidine rings is 1. The number of halogens is 4. The summed E-state index contributed by atoms with van der Waals surface area (Å²) in [6.45, 7) is 0.801. The quantitative estimate of drug-likeness (QED) is 0.217. The normalized spacial score (nSPS) is 21.2. The average molecular weight is 688 g/mol. The zero-order valence-corrected chi connectivity index (χ0v) is 25.0. The van der Waals surface area contributed by atoms with E-state index < -0.39 is 31.4 Å². The Labute approximate surface area is 246 Å². The van der Waals surface area contributed by atoms with Crippen molar-refractivity contribution in [3.63, 3.8) is 0 Å². The van der Waals surface area contributed by atoms with Crippen LogP contribution in [-0.2, 0) is 18.4 Å². The van der Waals surface area contributed by atoms with Gasteiger partial charge in [0.1, 0.15) is 5.69 Å². The van der Waals surface area contributed by atoms with E-state index in [1.165, 1.54) is 6.42 Å². The van der Waals surface area contributed by atoms with Crippen molar-refractivity contribution in [3.8, 4) is 0 Å². The number of alkyl halides is 5. The monoisotopic (exact) mass is 687 g/mol. The number of imidazole rings is 1. The van der Waals surface area contributed by atoms with Gasteiger partial charge >= 0.3 is 158 Å². The third kappa shape index (κ3) is 7.56. The van der Waals surface area contributed by atoms with Crippen LogP contribution in [-0.4, -0.2) is 57.4 Å². The first kappa shape index (κ1) is 29.7. The maximum Gasteiger partial charge on any atom is -0.0152 e. The number of rotatable bonds is 9. The van der Waals surface area contributed by atoms with Gasteiger partial charge in [0.25, 0.3) is 5.91 Å². The Morgan fingerprint density at radius 3 is 2.71 bits per heavy atom. The van der Waals surface area contributed by atoms with Gasteiger partial charge in [0.2, 0.25) is 0 Å². The fourth-order valence-electron chi connectivity index (χ4n) is 5.81. The molecule has 1 saturated heterocycles. The van der Waals surface area contributed by atoms with Crippen LogP contribution in [0.15, 0.2) is 30.7 Å². The first-order valence-electron chi connectivity index (χ1n) is 14.0. The first-order valence-corrected chi connectivity index (χ1v) is 16.6. The third-order valence-electron chi connectivity index (χ3n) is 7.94. The average Bonchev–Trinajstić information content (AvgIpc) is 3.59. The molecule has 2 fully saturated rings. The Morgan fingerprint density at radius 1 is 1.17 bits per heavy atom. The molecule has 1 saturated carbocycles. The van der Waals surface area contributed by atoms with E-state index in [-0.39, 0.29) is 40.7 Å². The molecule has 10 nitrogen and oxygen atoms in total. The summed E-state index contributed by atoms with van der Waals surface area (Å²) in [5.41, 5.74) is 2.51. The minimum Gasteiger partial charge on any atom is -0.0533 e. The van der Waals surface area contributed by atoms with Crippen LogP contribution in [0.5, 0.6) is 0 Å². The zero-order chi connectivity index (χ0) is 29.0. The number of fused-ring (bicyclic) bond motifs is 1. The molecule has 0 bridgehead atoms. The van der Waals surface area contributed by atoms with Crippen molar-refractivity contribution in [3.05, 3.63) is 47.7 Å². The third-order valence-corrected chi connectivity index (χ3v) is 10.4. The SMILES string of the molecule is Cn1nccc1C(=O)N[C@H](c1cn2ncc(CNC(=O)[C@@H]3NCCCC3C[I-]C(F)(F)F)cc2n1)C1CCCCC1. The topological polar surface area (TPSA) is 118 Å². The van der Waals surface area contributed by atoms with Crippen molar-refractivity contribution in [1.82, 2.24) is 40.3 Å². The number of nitrogens with zero attached hydrogens (tertiary/aromatic N) is 5. The second-order valence-electron chi connectivity index (χ2n) is 10.8. The Bertz CT molecular complexity index is 1350. The molecule has 224 valence electrons. The van der Waals surface area contributed by atoms with E-state index in [1.54, 1.807) is 34.7 Å². The van der Waals surface area contributed by atoms with Crippen molar-refractivity contribution < 1.29 is 44.0 Å². The van der Waals surface area contributed by atoms with Gasteiger partial charge in [-0.25, -0.2) is 0 Å². The second kappa shape index (κ2) is 13.0. The Morgan fingerprint density at radius 2 is 1.98 bits per heavy atom. The maximum atomic E-state index is 13.1. The van der Waals surface area contributed by atoms with E-state index in [0.29, 0.717) is 24.3 Å². The molecular weight excluding hydrogens is 652 g/mol. The number of amides is 2. The van der Waals surface area contributed by atoms with Crippen LogP contribution in [0.1, 0.15) is 72.7 Å². The van der Waals surface area contributed by atoms with E-state index in [1.807, 2.05) is 12.3 Å². The van der Waals surface area contributed by atoms with Crippen LogP contribution in [0.25, 0.3) is 5.65 Å². The maximum absolute atomic E-state index is 13.1. The molecule has 1 aliphatic heterocycles. The van der Waals surface area contributed by atoms with Crippen LogP contribution in [0, 0.1) is 11.8 Å². The van der Waals surface area contributed by atoms with E-state index in [2.05, 4.69) is 26.1 Å². The molecule has 3 N–H and O–H groups in total. The molecule has 5 rings (SSSR count). The largest absolute Gasteiger partial charge is 0.0533 e. The van der Waals surface area contributed by atoms with Gasteiger partial charge in [-0.3, -0.25) is 9.48 Å². The Kier molecular flexibility index (Phi) is 9.46. The number of aromatic nitrogens is 5. The standard InChI is InChI=1S/C27H35F3IN8O2/c1-38-21(9-11-34-38)25(40)37-23(18-6-3-2-4-7-18)20-16-39-22(36-20)12-17(15-35-39)14-33-26(41)24-19(8-5-10-32-24)13-31-27(28,29)30/h9,11-12,15-16,18-19,23-24,32H,2-8,10,13-14H2,1H3,(H,33,41)(H,37,40)/q-1/t19?,23-,24+/m0/s1. The number of carbonyl (C=O) groups is 2. The van der Waals surface area contributed by atoms with Crippen LogP contribution >= 0.6 is 0 Å². The number of nitrogens with one attached hydrogen (secondary N) is 3. The number of carbonyl (C=O) groups excluding carboxylic acids is 2. The molecule has 0 aromatic carbocycles. The van der Waals surface area contributed by atoms with Gasteiger partial charge in [-0.15, -0.1) is 0 Å². The molecule has 2 amide bonds. The van der Waals surface area contributed by atoms with Crippen molar-refractivity contribution >= 4 is 17.5 Å². The Hall–Kier alpha value is -2.75. The summed E-state index contributed by atoms with van der Waals surface area (Å²) in [6, 6.07) is 2.61. The van der Waals surface area contributed by atoms with Gasteiger partial charge in [-0.2, -0.15) is 5.10 Å². The van der Waals surface area contributed by atoms with E-state index >= 15 is 0 Å². The van der Waals surface area contributed by atoms with Crippen molar-refractivity contribution in [2.75, 3.05) is 11.0 Å². The molecule has 0 spiro atoms. The molecule has 3 atom stereocenters.